The maximum atomic E-state index is 12.3. The molecule has 3 aromatic rings. The number of carbonyl (C=O) groups is 1. The highest BCUT2D eigenvalue weighted by atomic mass is 16.3. The number of amides is 1. The van der Waals surface area contributed by atoms with Gasteiger partial charge in [-0.1, -0.05) is 18.2 Å². The van der Waals surface area contributed by atoms with Crippen molar-refractivity contribution in [3.63, 3.8) is 0 Å². The lowest BCUT2D eigenvalue weighted by molar-refractivity contribution is -0.121. The first-order chi connectivity index (χ1) is 11.0. The summed E-state index contributed by atoms with van der Waals surface area (Å²) < 4.78 is 5.91. The molecule has 0 aliphatic rings. The van der Waals surface area contributed by atoms with Crippen molar-refractivity contribution in [3.05, 3.63) is 52.5 Å². The number of carbonyl (C=O) groups excluding carboxylic acids is 1. The molecule has 1 atom stereocenters. The lowest BCUT2D eigenvalue weighted by Crippen LogP contribution is -2.28. The van der Waals surface area contributed by atoms with Crippen LogP contribution in [0.4, 0.5) is 0 Å². The zero-order valence-corrected chi connectivity index (χ0v) is 13.9. The molecule has 0 radical (unpaired) electrons. The molecule has 5 nitrogen and oxygen atoms in total. The summed E-state index contributed by atoms with van der Waals surface area (Å²) in [7, 11) is 0. The molecule has 0 aliphatic carbocycles. The fourth-order valence-corrected chi connectivity index (χ4v) is 2.96. The summed E-state index contributed by atoms with van der Waals surface area (Å²) in [4.78, 5) is 12.3. The third-order valence-corrected chi connectivity index (χ3v) is 4.27. The van der Waals surface area contributed by atoms with Gasteiger partial charge in [0.25, 0.3) is 0 Å². The number of fused-ring (bicyclic) bond motifs is 1. The molecule has 2 N–H and O–H groups in total. The zero-order valence-electron chi connectivity index (χ0n) is 13.9. The standard InChI is InChI=1S/C18H21N3O2/c1-10-14-7-5-6-8-16(14)23-18(10)13(4)19-17(22)9-15-11(2)20-21-12(15)3/h5-8,13H,9H2,1-4H3,(H,19,22)(H,20,21)/t13-/m1/s1. The second-order valence-corrected chi connectivity index (χ2v) is 5.97. The largest absolute Gasteiger partial charge is 0.459 e. The number of rotatable bonds is 4. The van der Waals surface area contributed by atoms with E-state index in [1.165, 1.54) is 0 Å². The van der Waals surface area contributed by atoms with Crippen molar-refractivity contribution >= 4 is 16.9 Å². The number of aromatic amines is 1. The average molecular weight is 311 g/mol. The van der Waals surface area contributed by atoms with Crippen molar-refractivity contribution in [2.24, 2.45) is 0 Å². The molecule has 0 bridgehead atoms. The highest BCUT2D eigenvalue weighted by Gasteiger charge is 2.19. The summed E-state index contributed by atoms with van der Waals surface area (Å²) in [6.07, 6.45) is 0.317. The SMILES string of the molecule is Cc1n[nH]c(C)c1CC(=O)N[C@H](C)c1oc2ccccc2c1C. The van der Waals surface area contributed by atoms with Gasteiger partial charge in [0.2, 0.25) is 5.91 Å². The molecule has 2 aromatic heterocycles. The number of H-pyrrole nitrogens is 1. The van der Waals surface area contributed by atoms with Crippen LogP contribution in [0.1, 0.15) is 41.2 Å². The topological polar surface area (TPSA) is 70.9 Å². The number of para-hydroxylation sites is 1. The summed E-state index contributed by atoms with van der Waals surface area (Å²) in [6.45, 7) is 7.79. The van der Waals surface area contributed by atoms with Crippen LogP contribution in [-0.4, -0.2) is 16.1 Å². The molecule has 1 amide bonds. The van der Waals surface area contributed by atoms with Gasteiger partial charge in [-0.3, -0.25) is 9.89 Å². The van der Waals surface area contributed by atoms with E-state index in [1.807, 2.05) is 52.0 Å². The van der Waals surface area contributed by atoms with E-state index < -0.39 is 0 Å². The third kappa shape index (κ3) is 2.86. The Morgan fingerprint density at radius 3 is 2.70 bits per heavy atom. The number of nitrogens with one attached hydrogen (secondary N) is 2. The van der Waals surface area contributed by atoms with E-state index in [-0.39, 0.29) is 11.9 Å². The van der Waals surface area contributed by atoms with E-state index in [0.29, 0.717) is 6.42 Å². The van der Waals surface area contributed by atoms with Crippen LogP contribution in [0, 0.1) is 20.8 Å². The Balaban J connectivity index is 1.76. The fraction of sp³-hybridized carbons (Fsp3) is 0.333. The van der Waals surface area contributed by atoms with Gasteiger partial charge in [-0.05, 0) is 33.8 Å². The molecule has 0 spiro atoms. The van der Waals surface area contributed by atoms with Gasteiger partial charge in [-0.15, -0.1) is 0 Å². The minimum Gasteiger partial charge on any atom is -0.459 e. The van der Waals surface area contributed by atoms with Crippen molar-refractivity contribution in [1.82, 2.24) is 15.5 Å². The predicted molar refractivity (Wildman–Crippen MR) is 89.3 cm³/mol. The van der Waals surface area contributed by atoms with E-state index in [4.69, 9.17) is 4.42 Å². The highest BCUT2D eigenvalue weighted by molar-refractivity contribution is 5.83. The summed E-state index contributed by atoms with van der Waals surface area (Å²) in [6, 6.07) is 7.73. The van der Waals surface area contributed by atoms with Crippen molar-refractivity contribution < 1.29 is 9.21 Å². The Hall–Kier alpha value is -2.56. The number of hydrogen-bond acceptors (Lipinski definition) is 3. The number of furan rings is 1. The van der Waals surface area contributed by atoms with Gasteiger partial charge in [0.1, 0.15) is 11.3 Å². The van der Waals surface area contributed by atoms with Crippen molar-refractivity contribution in [3.8, 4) is 0 Å². The first-order valence-corrected chi connectivity index (χ1v) is 7.75. The minimum absolute atomic E-state index is 0.0371. The second kappa shape index (κ2) is 5.91. The first kappa shape index (κ1) is 15.3. The maximum absolute atomic E-state index is 12.3. The lowest BCUT2D eigenvalue weighted by Gasteiger charge is -2.12. The van der Waals surface area contributed by atoms with Crippen molar-refractivity contribution in [1.29, 1.82) is 0 Å². The predicted octanol–water partition coefficient (Wildman–Crippen LogP) is 3.50. The van der Waals surface area contributed by atoms with E-state index in [1.54, 1.807) is 0 Å². The van der Waals surface area contributed by atoms with Crippen LogP contribution in [0.5, 0.6) is 0 Å². The third-order valence-electron chi connectivity index (χ3n) is 4.27. The van der Waals surface area contributed by atoms with E-state index >= 15 is 0 Å². The van der Waals surface area contributed by atoms with Crippen LogP contribution < -0.4 is 5.32 Å². The lowest BCUT2D eigenvalue weighted by atomic mass is 10.1. The van der Waals surface area contributed by atoms with E-state index in [9.17, 15) is 4.79 Å². The molecule has 0 unspecified atom stereocenters. The van der Waals surface area contributed by atoms with Gasteiger partial charge < -0.3 is 9.73 Å². The minimum atomic E-state index is -0.178. The van der Waals surface area contributed by atoms with E-state index in [0.717, 1.165) is 39.2 Å². The zero-order chi connectivity index (χ0) is 16.6. The average Bonchev–Trinajstić information content (AvgIpc) is 3.02. The molecule has 5 heteroatoms. The summed E-state index contributed by atoms with van der Waals surface area (Å²) in [5, 5.41) is 11.1. The van der Waals surface area contributed by atoms with Gasteiger partial charge >= 0.3 is 0 Å². The molecule has 2 heterocycles. The molecule has 0 saturated carbocycles. The van der Waals surface area contributed by atoms with Gasteiger partial charge in [0, 0.05) is 22.2 Å². The van der Waals surface area contributed by atoms with Crippen LogP contribution in [-0.2, 0) is 11.2 Å². The number of aromatic nitrogens is 2. The van der Waals surface area contributed by atoms with Crippen LogP contribution in [0.3, 0.4) is 0 Å². The Morgan fingerprint density at radius 1 is 1.30 bits per heavy atom. The molecule has 0 aliphatic heterocycles. The Morgan fingerprint density at radius 2 is 2.04 bits per heavy atom. The maximum Gasteiger partial charge on any atom is 0.225 e. The normalized spacial score (nSPS) is 12.5. The Labute approximate surface area is 135 Å². The number of nitrogens with zero attached hydrogens (tertiary/aromatic N) is 1. The molecule has 120 valence electrons. The molecule has 1 aromatic carbocycles. The van der Waals surface area contributed by atoms with Gasteiger partial charge in [-0.25, -0.2) is 0 Å². The number of benzene rings is 1. The van der Waals surface area contributed by atoms with Crippen LogP contribution in [0.2, 0.25) is 0 Å². The molecule has 3 rings (SSSR count). The molecular weight excluding hydrogens is 290 g/mol. The molecular formula is C18H21N3O2. The quantitative estimate of drug-likeness (QED) is 0.774. The first-order valence-electron chi connectivity index (χ1n) is 7.75. The smallest absolute Gasteiger partial charge is 0.225 e. The van der Waals surface area contributed by atoms with Crippen LogP contribution in [0.25, 0.3) is 11.0 Å². The van der Waals surface area contributed by atoms with Crippen molar-refractivity contribution in [2.45, 2.75) is 40.2 Å². The fourth-order valence-electron chi connectivity index (χ4n) is 2.96. The Kier molecular flexibility index (Phi) is 3.94. The summed E-state index contributed by atoms with van der Waals surface area (Å²) in [5.41, 5.74) is 4.68. The number of aryl methyl sites for hydroxylation is 3. The van der Waals surface area contributed by atoms with Gasteiger partial charge in [-0.2, -0.15) is 5.10 Å². The molecule has 0 saturated heterocycles. The van der Waals surface area contributed by atoms with Gasteiger partial charge in [0.05, 0.1) is 18.2 Å². The summed E-state index contributed by atoms with van der Waals surface area (Å²) in [5.74, 6) is 0.769. The molecule has 23 heavy (non-hydrogen) atoms. The Bertz CT molecular complexity index is 841. The number of hydrogen-bond donors (Lipinski definition) is 2. The molecule has 0 fully saturated rings. The van der Waals surface area contributed by atoms with Crippen LogP contribution in [0.15, 0.2) is 28.7 Å². The monoisotopic (exact) mass is 311 g/mol. The summed E-state index contributed by atoms with van der Waals surface area (Å²) >= 11 is 0. The second-order valence-electron chi connectivity index (χ2n) is 5.97. The van der Waals surface area contributed by atoms with Gasteiger partial charge in [0.15, 0.2) is 0 Å². The van der Waals surface area contributed by atoms with E-state index in [2.05, 4.69) is 15.5 Å². The van der Waals surface area contributed by atoms with Crippen LogP contribution >= 0.6 is 0 Å². The highest BCUT2D eigenvalue weighted by Crippen LogP contribution is 2.29. The van der Waals surface area contributed by atoms with Crippen molar-refractivity contribution in [2.75, 3.05) is 0 Å².